The highest BCUT2D eigenvalue weighted by Crippen LogP contribution is 2.39. The first-order chi connectivity index (χ1) is 15.3. The van der Waals surface area contributed by atoms with E-state index in [0.717, 1.165) is 5.56 Å². The van der Waals surface area contributed by atoms with Crippen molar-refractivity contribution in [3.63, 3.8) is 0 Å². The van der Waals surface area contributed by atoms with Crippen molar-refractivity contribution in [2.45, 2.75) is 19.8 Å². The first-order valence-corrected chi connectivity index (χ1v) is 10.3. The molecule has 0 saturated carbocycles. The largest absolute Gasteiger partial charge is 0.496 e. The molecule has 0 fully saturated rings. The topological polar surface area (TPSA) is 84.9 Å². The van der Waals surface area contributed by atoms with Gasteiger partial charge in [0.2, 0.25) is 0 Å². The molecule has 0 bridgehead atoms. The SMILES string of the molecule is COc1ccccc1/C=C/COC(=O)C1=C(C)NC(C)=C(C(=O)O)C1c1cccc(Cl)c1. The number of hydrogen-bond acceptors (Lipinski definition) is 5. The first-order valence-electron chi connectivity index (χ1n) is 9.97. The number of carbonyl (C=O) groups is 2. The maximum atomic E-state index is 13.1. The Morgan fingerprint density at radius 3 is 2.50 bits per heavy atom. The van der Waals surface area contributed by atoms with Crippen molar-refractivity contribution in [1.29, 1.82) is 0 Å². The smallest absolute Gasteiger partial charge is 0.337 e. The first kappa shape index (κ1) is 23.2. The zero-order valence-electron chi connectivity index (χ0n) is 18.0. The van der Waals surface area contributed by atoms with Gasteiger partial charge in [0.1, 0.15) is 12.4 Å². The van der Waals surface area contributed by atoms with E-state index in [2.05, 4.69) is 5.32 Å². The molecule has 2 N–H and O–H groups in total. The highest BCUT2D eigenvalue weighted by molar-refractivity contribution is 6.30. The predicted octanol–water partition coefficient (Wildman–Crippen LogP) is 4.92. The summed E-state index contributed by atoms with van der Waals surface area (Å²) in [6, 6.07) is 14.3. The average molecular weight is 454 g/mol. The Morgan fingerprint density at radius 1 is 1.09 bits per heavy atom. The highest BCUT2D eigenvalue weighted by Gasteiger charge is 2.37. The van der Waals surface area contributed by atoms with Crippen molar-refractivity contribution in [2.75, 3.05) is 13.7 Å². The van der Waals surface area contributed by atoms with Gasteiger partial charge in [-0.3, -0.25) is 0 Å². The number of nitrogens with one attached hydrogen (secondary N) is 1. The summed E-state index contributed by atoms with van der Waals surface area (Å²) in [6.07, 6.45) is 3.50. The van der Waals surface area contributed by atoms with Gasteiger partial charge in [-0.1, -0.05) is 48.0 Å². The average Bonchev–Trinajstić information content (AvgIpc) is 2.76. The minimum absolute atomic E-state index is 0.0149. The van der Waals surface area contributed by atoms with Crippen LogP contribution in [0.3, 0.4) is 0 Å². The van der Waals surface area contributed by atoms with Crippen molar-refractivity contribution in [3.05, 3.63) is 93.3 Å². The molecule has 1 heterocycles. The Kier molecular flexibility index (Phi) is 7.38. The molecule has 1 aliphatic rings. The van der Waals surface area contributed by atoms with Gasteiger partial charge in [0.25, 0.3) is 0 Å². The second kappa shape index (κ2) is 10.2. The summed E-state index contributed by atoms with van der Waals surface area (Å²) in [5.74, 6) is -1.82. The van der Waals surface area contributed by atoms with E-state index >= 15 is 0 Å². The number of rotatable bonds is 7. The zero-order chi connectivity index (χ0) is 23.3. The molecule has 166 valence electrons. The number of carboxylic acid groups (broad SMARTS) is 1. The monoisotopic (exact) mass is 453 g/mol. The molecule has 0 spiro atoms. The Morgan fingerprint density at radius 2 is 1.81 bits per heavy atom. The molecule has 0 aliphatic carbocycles. The summed E-state index contributed by atoms with van der Waals surface area (Å²) in [6.45, 7) is 3.41. The number of carboxylic acids is 1. The van der Waals surface area contributed by atoms with Crippen molar-refractivity contribution < 1.29 is 24.2 Å². The fraction of sp³-hybridized carbons (Fsp3) is 0.200. The number of methoxy groups -OCH3 is 1. The van der Waals surface area contributed by atoms with Crippen LogP contribution in [-0.2, 0) is 14.3 Å². The fourth-order valence-electron chi connectivity index (χ4n) is 3.75. The number of para-hydroxylation sites is 1. The number of dihydropyridines is 1. The van der Waals surface area contributed by atoms with Gasteiger partial charge in [-0.25, -0.2) is 9.59 Å². The molecule has 0 aromatic heterocycles. The number of aliphatic carboxylic acids is 1. The number of carbonyl (C=O) groups excluding carboxylic acids is 1. The van der Waals surface area contributed by atoms with Crippen LogP contribution < -0.4 is 10.1 Å². The molecule has 0 saturated heterocycles. The van der Waals surface area contributed by atoms with Crippen molar-refractivity contribution >= 4 is 29.6 Å². The highest BCUT2D eigenvalue weighted by atomic mass is 35.5. The number of ether oxygens (including phenoxy) is 2. The molecule has 32 heavy (non-hydrogen) atoms. The Labute approximate surface area is 191 Å². The van der Waals surface area contributed by atoms with Gasteiger partial charge in [-0.05, 0) is 43.7 Å². The van der Waals surface area contributed by atoms with Crippen LogP contribution in [0, 0.1) is 0 Å². The lowest BCUT2D eigenvalue weighted by atomic mass is 9.80. The lowest BCUT2D eigenvalue weighted by Crippen LogP contribution is -2.31. The lowest BCUT2D eigenvalue weighted by molar-refractivity contribution is -0.138. The third-order valence-corrected chi connectivity index (χ3v) is 5.37. The minimum atomic E-state index is -1.12. The third kappa shape index (κ3) is 5.03. The second-order valence-corrected chi connectivity index (χ2v) is 7.67. The molecular weight excluding hydrogens is 430 g/mol. The van der Waals surface area contributed by atoms with E-state index in [1.54, 1.807) is 57.4 Å². The number of halogens is 1. The normalized spacial score (nSPS) is 16.2. The van der Waals surface area contributed by atoms with Crippen LogP contribution in [0.4, 0.5) is 0 Å². The molecule has 0 amide bonds. The van der Waals surface area contributed by atoms with Crippen molar-refractivity contribution in [1.82, 2.24) is 5.32 Å². The van der Waals surface area contributed by atoms with E-state index in [1.165, 1.54) is 0 Å². The molecule has 0 radical (unpaired) electrons. The molecule has 1 aliphatic heterocycles. The fourth-order valence-corrected chi connectivity index (χ4v) is 3.95. The van der Waals surface area contributed by atoms with E-state index in [1.807, 2.05) is 24.3 Å². The maximum Gasteiger partial charge on any atom is 0.337 e. The summed E-state index contributed by atoms with van der Waals surface area (Å²) >= 11 is 6.15. The molecule has 3 rings (SSSR count). The summed E-state index contributed by atoms with van der Waals surface area (Å²) in [4.78, 5) is 25.1. The molecule has 7 heteroatoms. The molecule has 1 unspecified atom stereocenters. The van der Waals surface area contributed by atoms with Crippen LogP contribution in [0.25, 0.3) is 6.08 Å². The van der Waals surface area contributed by atoms with Gasteiger partial charge in [0.05, 0.1) is 24.2 Å². The van der Waals surface area contributed by atoms with Crippen LogP contribution in [0.5, 0.6) is 5.75 Å². The molecule has 2 aromatic carbocycles. The molecule has 1 atom stereocenters. The Hall–Kier alpha value is -3.51. The lowest BCUT2D eigenvalue weighted by Gasteiger charge is -2.29. The van der Waals surface area contributed by atoms with Gasteiger partial charge in [0, 0.05) is 22.0 Å². The Balaban J connectivity index is 1.86. The minimum Gasteiger partial charge on any atom is -0.496 e. The van der Waals surface area contributed by atoms with Crippen LogP contribution in [0.1, 0.15) is 30.9 Å². The van der Waals surface area contributed by atoms with Crippen LogP contribution in [0.2, 0.25) is 5.02 Å². The van der Waals surface area contributed by atoms with Gasteiger partial charge in [-0.2, -0.15) is 0 Å². The predicted molar refractivity (Wildman–Crippen MR) is 123 cm³/mol. The number of esters is 1. The number of hydrogen-bond donors (Lipinski definition) is 2. The van der Waals surface area contributed by atoms with E-state index in [9.17, 15) is 14.7 Å². The Bertz CT molecular complexity index is 1130. The summed E-state index contributed by atoms with van der Waals surface area (Å²) in [7, 11) is 1.59. The standard InChI is InChI=1S/C25H24ClNO5/c1-15-21(24(28)29)23(18-9-6-11-19(26)14-18)22(16(2)27-15)25(30)32-13-7-10-17-8-4-5-12-20(17)31-3/h4-12,14,23,27H,13H2,1-3H3,(H,28,29)/b10-7+. The van der Waals surface area contributed by atoms with Gasteiger partial charge < -0.3 is 19.9 Å². The van der Waals surface area contributed by atoms with E-state index in [4.69, 9.17) is 21.1 Å². The van der Waals surface area contributed by atoms with Gasteiger partial charge in [-0.15, -0.1) is 0 Å². The van der Waals surface area contributed by atoms with Crippen LogP contribution in [-0.4, -0.2) is 30.8 Å². The summed E-state index contributed by atoms with van der Waals surface area (Å²) < 4.78 is 10.8. The van der Waals surface area contributed by atoms with Crippen molar-refractivity contribution in [2.24, 2.45) is 0 Å². The summed E-state index contributed by atoms with van der Waals surface area (Å²) in [5.41, 5.74) is 2.77. The van der Waals surface area contributed by atoms with E-state index < -0.39 is 17.9 Å². The summed E-state index contributed by atoms with van der Waals surface area (Å²) in [5, 5.41) is 13.3. The quantitative estimate of drug-likeness (QED) is 0.578. The molecule has 2 aromatic rings. The van der Waals surface area contributed by atoms with Crippen molar-refractivity contribution in [3.8, 4) is 5.75 Å². The van der Waals surface area contributed by atoms with Gasteiger partial charge >= 0.3 is 11.9 Å². The number of benzene rings is 2. The zero-order valence-corrected chi connectivity index (χ0v) is 18.8. The molecule has 6 nitrogen and oxygen atoms in total. The van der Waals surface area contributed by atoms with Gasteiger partial charge in [0.15, 0.2) is 0 Å². The van der Waals surface area contributed by atoms with Crippen LogP contribution >= 0.6 is 11.6 Å². The van der Waals surface area contributed by atoms with E-state index in [0.29, 0.717) is 27.7 Å². The number of allylic oxidation sites excluding steroid dienone is 2. The van der Waals surface area contributed by atoms with Crippen LogP contribution in [0.15, 0.2) is 77.1 Å². The van der Waals surface area contributed by atoms with E-state index in [-0.39, 0.29) is 17.8 Å². The third-order valence-electron chi connectivity index (χ3n) is 5.14. The molecular formula is C25H24ClNO5. The maximum absolute atomic E-state index is 13.1. The second-order valence-electron chi connectivity index (χ2n) is 7.24.